The summed E-state index contributed by atoms with van der Waals surface area (Å²) in [6.45, 7) is 0.856. The van der Waals surface area contributed by atoms with E-state index < -0.39 is 0 Å². The van der Waals surface area contributed by atoms with Crippen LogP contribution in [-0.4, -0.2) is 28.1 Å². The predicted octanol–water partition coefficient (Wildman–Crippen LogP) is 2.03. The van der Waals surface area contributed by atoms with Crippen LogP contribution in [0.25, 0.3) is 4.91 Å². The molecule has 0 saturated carbocycles. The first kappa shape index (κ1) is 12.3. The molecule has 6 heteroatoms. The molecule has 0 fully saturated rings. The summed E-state index contributed by atoms with van der Waals surface area (Å²) in [4.78, 5) is 7.81. The van der Waals surface area contributed by atoms with Crippen LogP contribution in [-0.2, 0) is 6.54 Å². The van der Waals surface area contributed by atoms with Crippen molar-refractivity contribution in [3.8, 4) is 0 Å². The molecule has 0 atom stereocenters. The lowest BCUT2D eigenvalue weighted by Crippen LogP contribution is -2.13. The Morgan fingerprint density at radius 3 is 3.26 bits per heavy atom. The lowest BCUT2D eigenvalue weighted by atomic mass is 10.2. The Labute approximate surface area is 116 Å². The van der Waals surface area contributed by atoms with Crippen LogP contribution in [0.1, 0.15) is 11.1 Å². The van der Waals surface area contributed by atoms with Crippen molar-refractivity contribution in [2.75, 3.05) is 17.8 Å². The van der Waals surface area contributed by atoms with Crippen LogP contribution in [0.3, 0.4) is 0 Å². The number of nitrogens with one attached hydrogen (secondary N) is 2. The van der Waals surface area contributed by atoms with E-state index in [0.29, 0.717) is 0 Å². The minimum atomic E-state index is 0.856. The zero-order chi connectivity index (χ0) is 13.1. The molecule has 0 radical (unpaired) electrons. The van der Waals surface area contributed by atoms with E-state index in [1.165, 1.54) is 10.5 Å². The number of hydrogen-bond donors (Lipinski definition) is 2. The summed E-state index contributed by atoms with van der Waals surface area (Å²) in [5, 5.41) is 9.98. The van der Waals surface area contributed by atoms with E-state index in [4.69, 9.17) is 0 Å². The maximum atomic E-state index is 4.44. The number of aromatic nitrogens is 3. The van der Waals surface area contributed by atoms with Gasteiger partial charge in [0.25, 0.3) is 0 Å². The summed E-state index contributed by atoms with van der Waals surface area (Å²) in [5.74, 6) is 1.87. The molecule has 1 aliphatic heterocycles. The molecule has 0 aromatic carbocycles. The van der Waals surface area contributed by atoms with Crippen LogP contribution in [0.15, 0.2) is 36.9 Å². The van der Waals surface area contributed by atoms with Crippen molar-refractivity contribution in [3.63, 3.8) is 0 Å². The van der Waals surface area contributed by atoms with Crippen molar-refractivity contribution in [1.29, 1.82) is 0 Å². The van der Waals surface area contributed by atoms with Gasteiger partial charge in [-0.25, -0.2) is 4.98 Å². The molecule has 19 heavy (non-hydrogen) atoms. The van der Waals surface area contributed by atoms with Crippen LogP contribution in [0.2, 0.25) is 0 Å². The smallest absolute Gasteiger partial charge is 0.133 e. The molecular weight excluding hydrogens is 258 g/mol. The Balaban J connectivity index is 1.82. The lowest BCUT2D eigenvalue weighted by Gasteiger charge is -2.13. The van der Waals surface area contributed by atoms with Crippen molar-refractivity contribution in [2.45, 2.75) is 6.54 Å². The molecule has 0 spiro atoms. The zero-order valence-corrected chi connectivity index (χ0v) is 11.4. The van der Waals surface area contributed by atoms with Gasteiger partial charge in [0.05, 0.1) is 12.1 Å². The second-order valence-electron chi connectivity index (χ2n) is 4.28. The summed E-state index contributed by atoms with van der Waals surface area (Å²) in [6.07, 6.45) is 7.73. The van der Waals surface area contributed by atoms with E-state index in [-0.39, 0.29) is 0 Å². The number of nitrogens with zero attached hydrogens (tertiary/aromatic N) is 3. The number of hydrogen-bond acceptors (Lipinski definition) is 5. The number of pyridine rings is 1. The minimum absolute atomic E-state index is 0.856. The highest BCUT2D eigenvalue weighted by Gasteiger charge is 2.17. The van der Waals surface area contributed by atoms with Gasteiger partial charge in [-0.3, -0.25) is 5.10 Å². The monoisotopic (exact) mass is 273 g/mol. The fourth-order valence-electron chi connectivity index (χ4n) is 1.96. The fraction of sp³-hybridized carbons (Fsp3) is 0.231. The third-order valence-electron chi connectivity index (χ3n) is 2.90. The third-order valence-corrected chi connectivity index (χ3v) is 3.96. The summed E-state index contributed by atoms with van der Waals surface area (Å²) in [5.41, 5.74) is 2.36. The average molecular weight is 273 g/mol. The Morgan fingerprint density at radius 2 is 2.47 bits per heavy atom. The predicted molar refractivity (Wildman–Crippen MR) is 78.5 cm³/mol. The summed E-state index contributed by atoms with van der Waals surface area (Å²) >= 11 is 1.79. The largest absolute Gasteiger partial charge is 0.322 e. The van der Waals surface area contributed by atoms with Crippen molar-refractivity contribution in [2.24, 2.45) is 0 Å². The van der Waals surface area contributed by atoms with Crippen molar-refractivity contribution in [3.05, 3.63) is 48.1 Å². The standard InChI is InChI=1S/C13H15N5S/c1-14-5-10-2-3-15-13(4-10)18-8-12(19-9-18)11-6-16-17-7-11/h2-4,6-8,14H,5,9H2,1H3,(H,16,17). The first-order chi connectivity index (χ1) is 9.36. The Hall–Kier alpha value is -1.79. The van der Waals surface area contributed by atoms with Crippen molar-refractivity contribution < 1.29 is 0 Å². The van der Waals surface area contributed by atoms with Crippen LogP contribution < -0.4 is 10.2 Å². The van der Waals surface area contributed by atoms with Gasteiger partial charge in [0.2, 0.25) is 0 Å². The molecule has 1 aliphatic rings. The maximum absolute atomic E-state index is 4.44. The third kappa shape index (κ3) is 2.64. The summed E-state index contributed by atoms with van der Waals surface area (Å²) < 4.78 is 0. The van der Waals surface area contributed by atoms with E-state index in [9.17, 15) is 0 Å². The van der Waals surface area contributed by atoms with E-state index in [0.717, 1.165) is 23.8 Å². The highest BCUT2D eigenvalue weighted by atomic mass is 32.2. The molecule has 0 saturated heterocycles. The van der Waals surface area contributed by atoms with Gasteiger partial charge >= 0.3 is 0 Å². The molecule has 0 amide bonds. The molecule has 0 bridgehead atoms. The summed E-state index contributed by atoms with van der Waals surface area (Å²) in [6, 6.07) is 4.15. The van der Waals surface area contributed by atoms with Crippen LogP contribution in [0.5, 0.6) is 0 Å². The van der Waals surface area contributed by atoms with Gasteiger partial charge in [-0.05, 0) is 24.7 Å². The number of H-pyrrole nitrogens is 1. The molecule has 5 nitrogen and oxygen atoms in total. The molecular formula is C13H15N5S. The normalized spacial score (nSPS) is 14.8. The SMILES string of the molecule is CNCc1ccnc(N2C=C(c3cn[nH]c3)SC2)c1. The van der Waals surface area contributed by atoms with Gasteiger partial charge in [0.1, 0.15) is 5.82 Å². The van der Waals surface area contributed by atoms with E-state index in [2.05, 4.69) is 37.7 Å². The van der Waals surface area contributed by atoms with Gasteiger partial charge < -0.3 is 10.2 Å². The highest BCUT2D eigenvalue weighted by Crippen LogP contribution is 2.35. The Kier molecular flexibility index (Phi) is 3.52. The quantitative estimate of drug-likeness (QED) is 0.892. The number of aromatic amines is 1. The highest BCUT2D eigenvalue weighted by molar-refractivity contribution is 8.08. The maximum Gasteiger partial charge on any atom is 0.133 e. The molecule has 98 valence electrons. The second-order valence-corrected chi connectivity index (χ2v) is 5.26. The van der Waals surface area contributed by atoms with Crippen LogP contribution >= 0.6 is 11.8 Å². The lowest BCUT2D eigenvalue weighted by molar-refractivity contribution is 0.815. The molecule has 0 unspecified atom stereocenters. The van der Waals surface area contributed by atoms with Crippen molar-refractivity contribution in [1.82, 2.24) is 20.5 Å². The number of rotatable bonds is 4. The number of thioether (sulfide) groups is 1. The number of anilines is 1. The molecule has 0 aliphatic carbocycles. The van der Waals surface area contributed by atoms with E-state index in [1.807, 2.05) is 31.7 Å². The van der Waals surface area contributed by atoms with E-state index >= 15 is 0 Å². The van der Waals surface area contributed by atoms with Crippen LogP contribution in [0, 0.1) is 0 Å². The molecule has 3 rings (SSSR count). The van der Waals surface area contributed by atoms with Gasteiger partial charge in [-0.15, -0.1) is 11.8 Å². The first-order valence-corrected chi connectivity index (χ1v) is 7.05. The second kappa shape index (κ2) is 5.46. The minimum Gasteiger partial charge on any atom is -0.322 e. The molecule has 2 aromatic heterocycles. The zero-order valence-electron chi connectivity index (χ0n) is 10.6. The van der Waals surface area contributed by atoms with Gasteiger partial charge in [0, 0.05) is 35.6 Å². The first-order valence-electron chi connectivity index (χ1n) is 6.07. The van der Waals surface area contributed by atoms with Gasteiger partial charge in [-0.2, -0.15) is 5.10 Å². The Bertz CT molecular complexity index is 578. The molecule has 2 N–H and O–H groups in total. The Morgan fingerprint density at radius 1 is 1.53 bits per heavy atom. The topological polar surface area (TPSA) is 56.8 Å². The van der Waals surface area contributed by atoms with Crippen molar-refractivity contribution >= 4 is 22.5 Å². The van der Waals surface area contributed by atoms with Gasteiger partial charge in [0.15, 0.2) is 0 Å². The molecule has 3 heterocycles. The van der Waals surface area contributed by atoms with Gasteiger partial charge in [-0.1, -0.05) is 0 Å². The van der Waals surface area contributed by atoms with E-state index in [1.54, 1.807) is 11.8 Å². The van der Waals surface area contributed by atoms with Crippen LogP contribution in [0.4, 0.5) is 5.82 Å². The summed E-state index contributed by atoms with van der Waals surface area (Å²) in [7, 11) is 1.95. The average Bonchev–Trinajstić information content (AvgIpc) is 3.11. The molecule has 2 aromatic rings. The fourth-order valence-corrected chi connectivity index (χ4v) is 2.93.